The molecule has 0 spiro atoms. The van der Waals surface area contributed by atoms with Crippen LogP contribution >= 0.6 is 0 Å². The van der Waals surface area contributed by atoms with Gasteiger partial charge in [-0.15, -0.1) is 0 Å². The summed E-state index contributed by atoms with van der Waals surface area (Å²) in [5.41, 5.74) is 0.0604. The average Bonchev–Trinajstić information content (AvgIpc) is 2.90. The largest absolute Gasteiger partial charge is 0.394 e. The summed E-state index contributed by atoms with van der Waals surface area (Å²) in [5.74, 6) is 0.689. The van der Waals surface area contributed by atoms with E-state index in [1.54, 1.807) is 4.57 Å². The van der Waals surface area contributed by atoms with Crippen LogP contribution in [0.4, 0.5) is 5.82 Å². The van der Waals surface area contributed by atoms with Gasteiger partial charge in [-0.2, -0.15) is 0 Å². The van der Waals surface area contributed by atoms with E-state index >= 15 is 0 Å². The first-order valence-corrected chi connectivity index (χ1v) is 7.46. The van der Waals surface area contributed by atoms with Crippen molar-refractivity contribution < 1.29 is 20.1 Å². The second-order valence-electron chi connectivity index (χ2n) is 6.11. The maximum Gasteiger partial charge on any atom is 0.167 e. The minimum Gasteiger partial charge on any atom is -0.394 e. The number of aromatic nitrogens is 3. The Hall–Kier alpha value is -2.00. The molecule has 1 saturated heterocycles. The van der Waals surface area contributed by atoms with Crippen LogP contribution < -0.4 is 5.32 Å². The predicted molar refractivity (Wildman–Crippen MR) is 81.6 cm³/mol. The van der Waals surface area contributed by atoms with Crippen molar-refractivity contribution in [3.05, 3.63) is 30.4 Å². The van der Waals surface area contributed by atoms with E-state index in [0.29, 0.717) is 17.9 Å². The van der Waals surface area contributed by atoms with Crippen molar-refractivity contribution in [3.63, 3.8) is 0 Å². The fraction of sp³-hybridized carbons (Fsp3) is 0.467. The summed E-state index contributed by atoms with van der Waals surface area (Å²) in [5, 5.41) is 34.2. The molecule has 0 saturated carbocycles. The Morgan fingerprint density at radius 3 is 3.04 bits per heavy atom. The number of hydrogen-bond acceptors (Lipinski definition) is 7. The molecule has 2 aliphatic rings. The summed E-state index contributed by atoms with van der Waals surface area (Å²) in [6.07, 6.45) is 4.91. The Balaban J connectivity index is 1.88. The van der Waals surface area contributed by atoms with Crippen LogP contribution in [0, 0.1) is 0 Å². The van der Waals surface area contributed by atoms with Crippen molar-refractivity contribution in [3.8, 4) is 0 Å². The molecular weight excluding hydrogens is 300 g/mol. The molecular formula is C15H18N4O4. The van der Waals surface area contributed by atoms with Crippen LogP contribution in [0.2, 0.25) is 0 Å². The first kappa shape index (κ1) is 14.6. The fourth-order valence-corrected chi connectivity index (χ4v) is 3.32. The normalized spacial score (nSPS) is 33.0. The third-order valence-corrected chi connectivity index (χ3v) is 4.55. The summed E-state index contributed by atoms with van der Waals surface area (Å²) in [7, 11) is 0. The van der Waals surface area contributed by atoms with Crippen LogP contribution in [-0.2, 0) is 11.2 Å². The monoisotopic (exact) mass is 318 g/mol. The van der Waals surface area contributed by atoms with Gasteiger partial charge in [0.2, 0.25) is 0 Å². The van der Waals surface area contributed by atoms with Crippen LogP contribution in [0.25, 0.3) is 11.0 Å². The van der Waals surface area contributed by atoms with Gasteiger partial charge >= 0.3 is 0 Å². The number of allylic oxidation sites excluding steroid dienone is 1. The number of hydrogen-bond donors (Lipinski definition) is 4. The summed E-state index contributed by atoms with van der Waals surface area (Å²) < 4.78 is 7.40. The molecule has 1 fully saturated rings. The van der Waals surface area contributed by atoms with Gasteiger partial charge < -0.3 is 29.9 Å². The fourth-order valence-electron chi connectivity index (χ4n) is 3.32. The van der Waals surface area contributed by atoms with Crippen molar-refractivity contribution in [1.82, 2.24) is 14.5 Å². The highest BCUT2D eigenvalue weighted by molar-refractivity contribution is 5.92. The lowest BCUT2D eigenvalue weighted by Gasteiger charge is -2.27. The Kier molecular flexibility index (Phi) is 3.17. The van der Waals surface area contributed by atoms with Gasteiger partial charge in [-0.3, -0.25) is 0 Å². The predicted octanol–water partition coefficient (Wildman–Crippen LogP) is -0.0854. The van der Waals surface area contributed by atoms with E-state index in [-0.39, 0.29) is 6.61 Å². The standard InChI is InChI=1S/C15H18N4O4/c1-15(22)11(21)9(6-20)23-14(15)19-5-8-3-2-4-16-12-10(8)13(19)18-7-17-12/h2,4-5,7,9,11,14,20-22H,3,6H2,1H3,(H,16,17,18)/t9?,11-,14?,15?/m1/s1. The minimum atomic E-state index is -1.55. The van der Waals surface area contributed by atoms with Gasteiger partial charge in [0, 0.05) is 6.20 Å². The SMILES string of the molecule is CC1(O)C(n2cc3c4c(ncnc42)NC=CC3)OC(CO)[C@H]1O. The maximum atomic E-state index is 10.7. The summed E-state index contributed by atoms with van der Waals surface area (Å²) in [6, 6.07) is 0. The molecule has 2 aliphatic heterocycles. The molecule has 8 heteroatoms. The number of aliphatic hydroxyl groups excluding tert-OH is 2. The summed E-state index contributed by atoms with van der Waals surface area (Å²) in [6.45, 7) is 1.13. The third kappa shape index (κ3) is 1.99. The number of nitrogens with zero attached hydrogens (tertiary/aromatic N) is 3. The van der Waals surface area contributed by atoms with E-state index in [9.17, 15) is 15.3 Å². The van der Waals surface area contributed by atoms with Gasteiger partial charge in [0.15, 0.2) is 6.23 Å². The van der Waals surface area contributed by atoms with E-state index in [0.717, 1.165) is 10.9 Å². The van der Waals surface area contributed by atoms with E-state index in [1.807, 2.05) is 18.5 Å². The highest BCUT2D eigenvalue weighted by atomic mass is 16.6. The average molecular weight is 318 g/mol. The zero-order valence-corrected chi connectivity index (χ0v) is 12.5. The van der Waals surface area contributed by atoms with E-state index in [2.05, 4.69) is 15.3 Å². The second-order valence-corrected chi connectivity index (χ2v) is 6.11. The molecule has 4 N–H and O–H groups in total. The Morgan fingerprint density at radius 2 is 2.30 bits per heavy atom. The number of aliphatic hydroxyl groups is 3. The Morgan fingerprint density at radius 1 is 1.48 bits per heavy atom. The van der Waals surface area contributed by atoms with Crippen LogP contribution in [0.1, 0.15) is 18.7 Å². The molecule has 4 atom stereocenters. The van der Waals surface area contributed by atoms with Gasteiger partial charge in [-0.05, 0) is 25.1 Å². The Labute approximate surface area is 132 Å². The van der Waals surface area contributed by atoms with Gasteiger partial charge in [0.25, 0.3) is 0 Å². The molecule has 0 aromatic carbocycles. The van der Waals surface area contributed by atoms with Gasteiger partial charge in [0.05, 0.1) is 12.0 Å². The molecule has 0 amide bonds. The lowest BCUT2D eigenvalue weighted by molar-refractivity contribution is -0.0948. The van der Waals surface area contributed by atoms with E-state index in [4.69, 9.17) is 4.74 Å². The Bertz CT molecular complexity index is 785. The molecule has 3 unspecified atom stereocenters. The summed E-state index contributed by atoms with van der Waals surface area (Å²) in [4.78, 5) is 8.56. The van der Waals surface area contributed by atoms with Crippen molar-refractivity contribution in [2.45, 2.75) is 37.4 Å². The van der Waals surface area contributed by atoms with Crippen molar-refractivity contribution in [2.24, 2.45) is 0 Å². The van der Waals surface area contributed by atoms with Crippen molar-refractivity contribution in [1.29, 1.82) is 0 Å². The number of ether oxygens (including phenoxy) is 1. The van der Waals surface area contributed by atoms with Crippen LogP contribution in [0.15, 0.2) is 24.8 Å². The quantitative estimate of drug-likeness (QED) is 0.612. The first-order valence-electron chi connectivity index (χ1n) is 7.46. The maximum absolute atomic E-state index is 10.7. The lowest BCUT2D eigenvalue weighted by Crippen LogP contribution is -2.44. The highest BCUT2D eigenvalue weighted by Gasteiger charge is 2.53. The molecule has 8 nitrogen and oxygen atoms in total. The topological polar surface area (TPSA) is 113 Å². The molecule has 0 bridgehead atoms. The van der Waals surface area contributed by atoms with E-state index in [1.165, 1.54) is 13.3 Å². The molecule has 122 valence electrons. The second kappa shape index (κ2) is 5.00. The first-order chi connectivity index (χ1) is 11.0. The highest BCUT2D eigenvalue weighted by Crippen LogP contribution is 2.41. The molecule has 23 heavy (non-hydrogen) atoms. The van der Waals surface area contributed by atoms with Crippen LogP contribution in [0.5, 0.6) is 0 Å². The third-order valence-electron chi connectivity index (χ3n) is 4.55. The number of rotatable bonds is 2. The lowest BCUT2D eigenvalue weighted by atomic mass is 9.96. The zero-order valence-electron chi connectivity index (χ0n) is 12.5. The van der Waals surface area contributed by atoms with Crippen LogP contribution in [-0.4, -0.2) is 54.3 Å². The number of nitrogens with one attached hydrogen (secondary N) is 1. The van der Waals surface area contributed by atoms with E-state index < -0.39 is 24.0 Å². The van der Waals surface area contributed by atoms with Gasteiger partial charge in [-0.1, -0.05) is 6.08 Å². The molecule has 4 rings (SSSR count). The molecule has 2 aromatic heterocycles. The van der Waals surface area contributed by atoms with Crippen molar-refractivity contribution in [2.75, 3.05) is 11.9 Å². The van der Waals surface area contributed by atoms with Crippen LogP contribution in [0.3, 0.4) is 0 Å². The molecule has 0 aliphatic carbocycles. The molecule has 2 aromatic rings. The number of anilines is 1. The van der Waals surface area contributed by atoms with Crippen molar-refractivity contribution >= 4 is 16.9 Å². The molecule has 4 heterocycles. The van der Waals surface area contributed by atoms with Gasteiger partial charge in [-0.25, -0.2) is 9.97 Å². The summed E-state index contributed by atoms with van der Waals surface area (Å²) >= 11 is 0. The van der Waals surface area contributed by atoms with Gasteiger partial charge in [0.1, 0.15) is 35.6 Å². The minimum absolute atomic E-state index is 0.371. The zero-order chi connectivity index (χ0) is 16.2. The molecule has 0 radical (unpaired) electrons. The smallest absolute Gasteiger partial charge is 0.167 e.